The van der Waals surface area contributed by atoms with Crippen LogP contribution in [0.1, 0.15) is 22.1 Å². The summed E-state index contributed by atoms with van der Waals surface area (Å²) in [6.07, 6.45) is 4.76. The average molecular weight is 374 g/mol. The number of hydrogen-bond donors (Lipinski definition) is 0. The Morgan fingerprint density at radius 1 is 1.07 bits per heavy atom. The molecule has 0 bridgehead atoms. The molecule has 0 atom stereocenters. The molecule has 0 spiro atoms. The summed E-state index contributed by atoms with van der Waals surface area (Å²) in [5, 5.41) is 0.986. The number of amides is 1. The van der Waals surface area contributed by atoms with E-state index in [-0.39, 0.29) is 18.2 Å². The van der Waals surface area contributed by atoms with Crippen LogP contribution in [-0.2, 0) is 13.2 Å². The highest BCUT2D eigenvalue weighted by Gasteiger charge is 2.17. The minimum Gasteiger partial charge on any atom is -0.482 e. The Morgan fingerprint density at radius 2 is 1.93 bits per heavy atom. The lowest BCUT2D eigenvalue weighted by Crippen LogP contribution is -2.26. The van der Waals surface area contributed by atoms with Crippen molar-refractivity contribution in [3.63, 3.8) is 0 Å². The summed E-state index contributed by atoms with van der Waals surface area (Å²) in [7, 11) is 1.70. The molecule has 0 fully saturated rings. The molecule has 0 aliphatic carbocycles. The monoisotopic (exact) mass is 374 g/mol. The number of nitrogens with zero attached hydrogens (tertiary/aromatic N) is 4. The third kappa shape index (κ3) is 3.83. The maximum atomic E-state index is 12.5. The molecule has 4 rings (SSSR count). The molecule has 0 saturated carbocycles. The van der Waals surface area contributed by atoms with Crippen LogP contribution in [0.5, 0.6) is 5.75 Å². The van der Waals surface area contributed by atoms with E-state index < -0.39 is 0 Å². The number of hydrogen-bond acceptors (Lipinski definition) is 6. The Bertz CT molecular complexity index is 1090. The molecule has 0 aliphatic rings. The van der Waals surface area contributed by atoms with Crippen molar-refractivity contribution in [1.82, 2.24) is 19.9 Å². The van der Waals surface area contributed by atoms with Gasteiger partial charge in [0.05, 0.1) is 12.2 Å². The Labute approximate surface area is 161 Å². The predicted molar refractivity (Wildman–Crippen MR) is 103 cm³/mol. The van der Waals surface area contributed by atoms with Gasteiger partial charge < -0.3 is 14.1 Å². The first-order chi connectivity index (χ1) is 13.7. The van der Waals surface area contributed by atoms with E-state index in [2.05, 4.69) is 15.0 Å². The molecule has 3 heterocycles. The lowest BCUT2D eigenvalue weighted by molar-refractivity contribution is 0.0777. The molecular weight excluding hydrogens is 356 g/mol. The molecule has 7 nitrogen and oxygen atoms in total. The molecular formula is C21H18N4O3. The van der Waals surface area contributed by atoms with E-state index in [1.165, 1.54) is 6.26 Å². The maximum Gasteiger partial charge on any atom is 0.275 e. The summed E-state index contributed by atoms with van der Waals surface area (Å²) < 4.78 is 11.2. The van der Waals surface area contributed by atoms with Gasteiger partial charge in [0.2, 0.25) is 5.89 Å². The van der Waals surface area contributed by atoms with E-state index in [0.717, 1.165) is 16.6 Å². The zero-order valence-corrected chi connectivity index (χ0v) is 15.3. The lowest BCUT2D eigenvalue weighted by atomic mass is 10.2. The molecule has 7 heteroatoms. The van der Waals surface area contributed by atoms with Crippen molar-refractivity contribution < 1.29 is 13.9 Å². The fourth-order valence-corrected chi connectivity index (χ4v) is 2.81. The second kappa shape index (κ2) is 7.87. The fraction of sp³-hybridized carbons (Fsp3) is 0.143. The molecule has 0 unspecified atom stereocenters. The summed E-state index contributed by atoms with van der Waals surface area (Å²) in [4.78, 5) is 26.9. The SMILES string of the molecule is CN(Cc1ccccn1)C(=O)c1coc(COc2cccc3cccnc23)n1. The minimum atomic E-state index is -0.243. The second-order valence-electron chi connectivity index (χ2n) is 6.23. The lowest BCUT2D eigenvalue weighted by Gasteiger charge is -2.14. The van der Waals surface area contributed by atoms with Crippen molar-refractivity contribution in [2.75, 3.05) is 7.05 Å². The Kier molecular flexibility index (Phi) is 4.97. The van der Waals surface area contributed by atoms with E-state index in [1.54, 1.807) is 24.3 Å². The molecule has 140 valence electrons. The number of carbonyl (C=O) groups is 1. The topological polar surface area (TPSA) is 81.4 Å². The van der Waals surface area contributed by atoms with Gasteiger partial charge in [-0.15, -0.1) is 0 Å². The number of para-hydroxylation sites is 1. The smallest absolute Gasteiger partial charge is 0.275 e. The largest absolute Gasteiger partial charge is 0.482 e. The Morgan fingerprint density at radius 3 is 2.79 bits per heavy atom. The number of benzene rings is 1. The Hall–Kier alpha value is -3.74. The molecule has 1 amide bonds. The van der Waals surface area contributed by atoms with Gasteiger partial charge in [0, 0.05) is 24.8 Å². The zero-order valence-electron chi connectivity index (χ0n) is 15.3. The number of oxazole rings is 1. The summed E-state index contributed by atoms with van der Waals surface area (Å²) in [6, 6.07) is 15.1. The van der Waals surface area contributed by atoms with Crippen LogP contribution in [-0.4, -0.2) is 32.8 Å². The van der Waals surface area contributed by atoms with E-state index in [9.17, 15) is 4.79 Å². The van der Waals surface area contributed by atoms with Gasteiger partial charge in [0.1, 0.15) is 17.5 Å². The second-order valence-corrected chi connectivity index (χ2v) is 6.23. The first-order valence-electron chi connectivity index (χ1n) is 8.77. The molecule has 1 aromatic carbocycles. The van der Waals surface area contributed by atoms with Gasteiger partial charge in [0.15, 0.2) is 12.3 Å². The summed E-state index contributed by atoms with van der Waals surface area (Å²) in [5.74, 6) is 0.714. The van der Waals surface area contributed by atoms with Crippen molar-refractivity contribution in [2.45, 2.75) is 13.2 Å². The van der Waals surface area contributed by atoms with Crippen LogP contribution in [0, 0.1) is 0 Å². The fourth-order valence-electron chi connectivity index (χ4n) is 2.81. The quantitative estimate of drug-likeness (QED) is 0.514. The van der Waals surface area contributed by atoms with Crippen LogP contribution in [0.3, 0.4) is 0 Å². The van der Waals surface area contributed by atoms with Crippen LogP contribution in [0.4, 0.5) is 0 Å². The van der Waals surface area contributed by atoms with Crippen molar-refractivity contribution in [2.24, 2.45) is 0 Å². The van der Waals surface area contributed by atoms with Crippen molar-refractivity contribution in [1.29, 1.82) is 0 Å². The number of rotatable bonds is 6. The van der Waals surface area contributed by atoms with Gasteiger partial charge in [0.25, 0.3) is 5.91 Å². The van der Waals surface area contributed by atoms with Crippen LogP contribution in [0.15, 0.2) is 71.6 Å². The summed E-state index contributed by atoms with van der Waals surface area (Å²) >= 11 is 0. The van der Waals surface area contributed by atoms with Crippen molar-refractivity contribution in [3.8, 4) is 5.75 Å². The van der Waals surface area contributed by atoms with E-state index in [0.29, 0.717) is 18.2 Å². The normalized spacial score (nSPS) is 10.8. The van der Waals surface area contributed by atoms with Crippen LogP contribution >= 0.6 is 0 Å². The minimum absolute atomic E-state index is 0.104. The highest BCUT2D eigenvalue weighted by Crippen LogP contribution is 2.23. The number of ether oxygens (including phenoxy) is 1. The number of fused-ring (bicyclic) bond motifs is 1. The number of pyridine rings is 2. The molecule has 0 N–H and O–H groups in total. The Balaban J connectivity index is 1.42. The predicted octanol–water partition coefficient (Wildman–Crippen LogP) is 3.47. The number of aromatic nitrogens is 3. The summed E-state index contributed by atoms with van der Waals surface area (Å²) in [5.41, 5.74) is 1.80. The van der Waals surface area contributed by atoms with Crippen molar-refractivity contribution in [3.05, 3.63) is 84.5 Å². The molecule has 4 aromatic rings. The zero-order chi connectivity index (χ0) is 19.3. The standard InChI is InChI=1S/C21H18N4O3/c1-25(12-16-8-2-3-10-22-16)21(26)17-13-28-19(24-17)14-27-18-9-4-6-15-7-5-11-23-20(15)18/h2-11,13H,12,14H2,1H3. The van der Waals surface area contributed by atoms with Gasteiger partial charge in [-0.25, -0.2) is 4.98 Å². The average Bonchev–Trinajstić information content (AvgIpc) is 3.21. The van der Waals surface area contributed by atoms with Crippen LogP contribution < -0.4 is 4.74 Å². The van der Waals surface area contributed by atoms with Gasteiger partial charge in [-0.1, -0.05) is 24.3 Å². The first-order valence-corrected chi connectivity index (χ1v) is 8.77. The van der Waals surface area contributed by atoms with Crippen molar-refractivity contribution >= 4 is 16.8 Å². The molecule has 0 aliphatic heterocycles. The molecule has 3 aromatic heterocycles. The highest BCUT2D eigenvalue weighted by atomic mass is 16.5. The first kappa shape index (κ1) is 17.7. The highest BCUT2D eigenvalue weighted by molar-refractivity contribution is 5.91. The van der Waals surface area contributed by atoms with E-state index in [4.69, 9.17) is 9.15 Å². The summed E-state index contributed by atoms with van der Waals surface area (Å²) in [6.45, 7) is 0.493. The van der Waals surface area contributed by atoms with E-state index >= 15 is 0 Å². The molecule has 0 saturated heterocycles. The van der Waals surface area contributed by atoms with E-state index in [1.807, 2.05) is 48.5 Å². The van der Waals surface area contributed by atoms with Crippen LogP contribution in [0.2, 0.25) is 0 Å². The van der Waals surface area contributed by atoms with Gasteiger partial charge in [-0.2, -0.15) is 0 Å². The third-order valence-electron chi connectivity index (χ3n) is 4.19. The molecule has 28 heavy (non-hydrogen) atoms. The number of carbonyl (C=O) groups excluding carboxylic acids is 1. The van der Waals surface area contributed by atoms with Gasteiger partial charge in [-0.3, -0.25) is 14.8 Å². The van der Waals surface area contributed by atoms with Gasteiger partial charge >= 0.3 is 0 Å². The molecule has 0 radical (unpaired) electrons. The van der Waals surface area contributed by atoms with Gasteiger partial charge in [-0.05, 0) is 24.3 Å². The van der Waals surface area contributed by atoms with Crippen LogP contribution in [0.25, 0.3) is 10.9 Å². The third-order valence-corrected chi connectivity index (χ3v) is 4.19. The maximum absolute atomic E-state index is 12.5.